The van der Waals surface area contributed by atoms with Crippen LogP contribution in [0.3, 0.4) is 0 Å². The fourth-order valence-electron chi connectivity index (χ4n) is 12.0. The number of aliphatic hydroxyl groups is 2. The number of aliphatic hydroxyl groups excluding tert-OH is 2. The molecule has 6 heteroatoms. The Morgan fingerprint density at radius 2 is 0.588 bits per heavy atom. The Balaban J connectivity index is 3.42. The van der Waals surface area contributed by atoms with Crippen LogP contribution in [0.2, 0.25) is 0 Å². The van der Waals surface area contributed by atoms with Crippen molar-refractivity contribution < 1.29 is 24.5 Å². The van der Waals surface area contributed by atoms with Crippen molar-refractivity contribution in [1.82, 2.24) is 5.32 Å². The first-order chi connectivity index (χ1) is 42.0. The van der Waals surface area contributed by atoms with Crippen LogP contribution in [-0.4, -0.2) is 47.4 Å². The lowest BCUT2D eigenvalue weighted by atomic mass is 10.0. The monoisotopic (exact) mass is 1190 g/mol. The Hall–Kier alpha value is -2.18. The van der Waals surface area contributed by atoms with Gasteiger partial charge in [-0.2, -0.15) is 0 Å². The van der Waals surface area contributed by atoms with E-state index >= 15 is 0 Å². The number of rotatable bonds is 72. The molecule has 0 heterocycles. The number of amides is 1. The van der Waals surface area contributed by atoms with Crippen molar-refractivity contribution in [3.63, 3.8) is 0 Å². The minimum Gasteiger partial charge on any atom is -0.466 e. The first-order valence-corrected chi connectivity index (χ1v) is 38.4. The third kappa shape index (κ3) is 70.8. The quantitative estimate of drug-likeness (QED) is 0.0320. The highest BCUT2D eigenvalue weighted by molar-refractivity contribution is 5.76. The van der Waals surface area contributed by atoms with E-state index in [0.717, 1.165) is 51.4 Å². The Bertz CT molecular complexity index is 1420. The van der Waals surface area contributed by atoms with Gasteiger partial charge in [0, 0.05) is 12.8 Å². The van der Waals surface area contributed by atoms with Gasteiger partial charge in [-0.05, 0) is 89.9 Å². The maximum atomic E-state index is 12.5. The normalized spacial score (nSPS) is 12.8. The molecule has 1 amide bonds. The van der Waals surface area contributed by atoms with Crippen LogP contribution >= 0.6 is 0 Å². The first-order valence-electron chi connectivity index (χ1n) is 38.4. The number of nitrogens with one attached hydrogen (secondary N) is 1. The number of hydrogen-bond donors (Lipinski definition) is 3. The van der Waals surface area contributed by atoms with Gasteiger partial charge in [-0.25, -0.2) is 0 Å². The average molecular weight is 1190 g/mol. The summed E-state index contributed by atoms with van der Waals surface area (Å²) in [6, 6.07) is -0.630. The molecule has 2 unspecified atom stereocenters. The van der Waals surface area contributed by atoms with E-state index in [2.05, 4.69) is 55.6 Å². The molecule has 0 aliphatic rings. The fraction of sp³-hybridized carbons (Fsp3) is 0.873. The van der Waals surface area contributed by atoms with Crippen LogP contribution in [0.25, 0.3) is 0 Å². The number of carbonyl (C=O) groups is 2. The summed E-state index contributed by atoms with van der Waals surface area (Å²) in [5.74, 6) is -0.0586. The van der Waals surface area contributed by atoms with Crippen molar-refractivity contribution in [2.75, 3.05) is 13.2 Å². The van der Waals surface area contributed by atoms with E-state index in [-0.39, 0.29) is 18.5 Å². The minimum absolute atomic E-state index is 0.00469. The van der Waals surface area contributed by atoms with Crippen LogP contribution in [0.5, 0.6) is 0 Å². The smallest absolute Gasteiger partial charge is 0.305 e. The number of carbonyl (C=O) groups excluding carboxylic acids is 2. The van der Waals surface area contributed by atoms with Gasteiger partial charge in [0.25, 0.3) is 0 Å². The molecule has 500 valence electrons. The number of esters is 1. The molecule has 0 spiro atoms. The van der Waals surface area contributed by atoms with Crippen LogP contribution in [-0.2, 0) is 14.3 Å². The van der Waals surface area contributed by atoms with Gasteiger partial charge in [-0.3, -0.25) is 9.59 Å². The van der Waals surface area contributed by atoms with E-state index in [4.69, 9.17) is 4.74 Å². The number of hydrogen-bond acceptors (Lipinski definition) is 5. The lowest BCUT2D eigenvalue weighted by Gasteiger charge is -2.20. The molecule has 0 bridgehead atoms. The van der Waals surface area contributed by atoms with Crippen LogP contribution < -0.4 is 5.32 Å². The highest BCUT2D eigenvalue weighted by Crippen LogP contribution is 2.19. The van der Waals surface area contributed by atoms with Gasteiger partial charge in [0.2, 0.25) is 5.91 Å². The number of unbranched alkanes of at least 4 members (excludes halogenated alkanes) is 55. The maximum absolute atomic E-state index is 12.5. The Labute approximate surface area is 531 Å². The van der Waals surface area contributed by atoms with E-state index in [9.17, 15) is 19.8 Å². The molecule has 0 rings (SSSR count). The molecule has 3 N–H and O–H groups in total. The highest BCUT2D eigenvalue weighted by atomic mass is 16.5. The van der Waals surface area contributed by atoms with Crippen molar-refractivity contribution in [2.24, 2.45) is 0 Å². The average Bonchev–Trinajstić information content (AvgIpc) is 3.50. The van der Waals surface area contributed by atoms with Crippen molar-refractivity contribution in [2.45, 2.75) is 431 Å². The van der Waals surface area contributed by atoms with Gasteiger partial charge in [0.05, 0.1) is 25.4 Å². The zero-order valence-electron chi connectivity index (χ0n) is 57.4. The molecule has 0 aromatic carbocycles. The summed E-state index contributed by atoms with van der Waals surface area (Å²) in [5.41, 5.74) is 0. The summed E-state index contributed by atoms with van der Waals surface area (Å²) in [5, 5.41) is 23.3. The summed E-state index contributed by atoms with van der Waals surface area (Å²) in [4.78, 5) is 24.6. The predicted molar refractivity (Wildman–Crippen MR) is 375 cm³/mol. The van der Waals surface area contributed by atoms with Crippen molar-refractivity contribution >= 4 is 11.9 Å². The molecular weight excluding hydrogens is 1040 g/mol. The second-order valence-electron chi connectivity index (χ2n) is 26.3. The van der Waals surface area contributed by atoms with Gasteiger partial charge >= 0.3 is 5.97 Å². The fourth-order valence-corrected chi connectivity index (χ4v) is 12.0. The Kier molecular flexibility index (Phi) is 72.4. The Morgan fingerprint density at radius 3 is 0.906 bits per heavy atom. The zero-order valence-corrected chi connectivity index (χ0v) is 57.4. The Morgan fingerprint density at radius 1 is 0.329 bits per heavy atom. The molecule has 0 aliphatic carbocycles. The van der Waals surface area contributed by atoms with Crippen LogP contribution in [0.15, 0.2) is 48.6 Å². The third-order valence-electron chi connectivity index (χ3n) is 17.8. The topological polar surface area (TPSA) is 95.9 Å². The molecule has 2 atom stereocenters. The zero-order chi connectivity index (χ0) is 61.3. The lowest BCUT2D eigenvalue weighted by Crippen LogP contribution is -2.45. The predicted octanol–water partition coefficient (Wildman–Crippen LogP) is 25.2. The molecule has 0 fully saturated rings. The molecule has 0 aromatic rings. The summed E-state index contributed by atoms with van der Waals surface area (Å²) >= 11 is 0. The molecular formula is C79H149NO5. The van der Waals surface area contributed by atoms with Crippen molar-refractivity contribution in [3.05, 3.63) is 48.6 Å². The molecule has 0 radical (unpaired) electrons. The van der Waals surface area contributed by atoms with Crippen LogP contribution in [0.1, 0.15) is 418 Å². The number of allylic oxidation sites excluding steroid dienone is 7. The van der Waals surface area contributed by atoms with Gasteiger partial charge in [-0.15, -0.1) is 0 Å². The first kappa shape index (κ1) is 82.8. The summed E-state index contributed by atoms with van der Waals surface area (Å²) in [6.45, 7) is 4.93. The largest absolute Gasteiger partial charge is 0.466 e. The highest BCUT2D eigenvalue weighted by Gasteiger charge is 2.18. The van der Waals surface area contributed by atoms with Crippen LogP contribution in [0.4, 0.5) is 0 Å². The second-order valence-corrected chi connectivity index (χ2v) is 26.3. The maximum Gasteiger partial charge on any atom is 0.305 e. The molecule has 0 saturated carbocycles. The van der Waals surface area contributed by atoms with Gasteiger partial charge in [0.1, 0.15) is 0 Å². The molecule has 6 nitrogen and oxygen atoms in total. The van der Waals surface area contributed by atoms with E-state index in [1.807, 2.05) is 6.08 Å². The van der Waals surface area contributed by atoms with Gasteiger partial charge in [-0.1, -0.05) is 364 Å². The summed E-state index contributed by atoms with van der Waals surface area (Å²) < 4.78 is 5.48. The standard InChI is InChI=1S/C79H149NO5/c1-3-5-7-9-11-13-15-17-19-20-21-22-32-35-38-41-44-47-51-55-59-63-67-71-77(82)76(75-81)80-78(83)72-68-64-60-56-52-48-45-42-39-36-33-30-28-26-24-23-25-27-29-31-34-37-40-43-46-50-54-58-62-66-70-74-85-79(84)73-69-65-61-57-53-49-18-16-14-12-10-8-6-4-2/h16,18,25,27,31,34,67,71,76-77,81-82H,3-15,17,19-24,26,28-30,32-33,35-66,68-70,72-75H2,1-2H3,(H,80,83)/b18-16-,27-25-,34-31-,71-67+. The van der Waals surface area contributed by atoms with Gasteiger partial charge < -0.3 is 20.3 Å². The molecule has 85 heavy (non-hydrogen) atoms. The van der Waals surface area contributed by atoms with E-state index in [0.29, 0.717) is 19.4 Å². The van der Waals surface area contributed by atoms with Crippen molar-refractivity contribution in [3.8, 4) is 0 Å². The summed E-state index contributed by atoms with van der Waals surface area (Å²) in [6.07, 6.45) is 97.9. The van der Waals surface area contributed by atoms with Crippen LogP contribution in [0, 0.1) is 0 Å². The van der Waals surface area contributed by atoms with Crippen molar-refractivity contribution in [1.29, 1.82) is 0 Å². The van der Waals surface area contributed by atoms with E-state index in [1.165, 1.54) is 340 Å². The second kappa shape index (κ2) is 74.3. The number of ether oxygens (including phenoxy) is 1. The third-order valence-corrected chi connectivity index (χ3v) is 17.8. The summed E-state index contributed by atoms with van der Waals surface area (Å²) in [7, 11) is 0. The molecule has 0 saturated heterocycles. The minimum atomic E-state index is -0.846. The molecule has 0 aliphatic heterocycles. The van der Waals surface area contributed by atoms with E-state index < -0.39 is 12.1 Å². The SMILES string of the molecule is CCCCCCC/C=C\CCCCCCCC(=O)OCCCCCCCCCCC/C=C\C/C=C\CCCCCCCCCCCCCCCCCC(=O)NC(CO)C(O)/C=C/CCCCCCCCCCCCCCCCCCCCCCC. The lowest BCUT2D eigenvalue weighted by molar-refractivity contribution is -0.143. The van der Waals surface area contributed by atoms with Gasteiger partial charge in [0.15, 0.2) is 0 Å². The van der Waals surface area contributed by atoms with E-state index in [1.54, 1.807) is 6.08 Å². The molecule has 0 aromatic heterocycles.